The van der Waals surface area contributed by atoms with Crippen LogP contribution in [0.15, 0.2) is 0 Å². The summed E-state index contributed by atoms with van der Waals surface area (Å²) in [6.45, 7) is 8.58. The number of methoxy groups -OCH3 is 1. The molecule has 0 heterocycles. The number of nitrogens with two attached hydrogens (primary N) is 1. The van der Waals surface area contributed by atoms with Gasteiger partial charge < -0.3 is 15.4 Å². The molecule has 0 aromatic heterocycles. The third-order valence-corrected chi connectivity index (χ3v) is 4.49. The van der Waals surface area contributed by atoms with E-state index in [-0.39, 0.29) is 11.3 Å². The van der Waals surface area contributed by atoms with Crippen LogP contribution in [0.3, 0.4) is 0 Å². The number of carbonyl (C=O) groups is 1. The highest BCUT2D eigenvalue weighted by Gasteiger charge is 2.34. The topological polar surface area (TPSA) is 55.6 Å². The van der Waals surface area contributed by atoms with E-state index in [1.807, 2.05) is 4.90 Å². The van der Waals surface area contributed by atoms with E-state index in [0.717, 1.165) is 12.8 Å². The average Bonchev–Trinajstić information content (AvgIpc) is 3.21. The first kappa shape index (κ1) is 17.4. The van der Waals surface area contributed by atoms with E-state index < -0.39 is 0 Å². The van der Waals surface area contributed by atoms with E-state index >= 15 is 0 Å². The Morgan fingerprint density at radius 1 is 1.40 bits per heavy atom. The van der Waals surface area contributed by atoms with Gasteiger partial charge in [0.25, 0.3) is 0 Å². The highest BCUT2D eigenvalue weighted by atomic mass is 16.5. The van der Waals surface area contributed by atoms with Crippen molar-refractivity contribution in [1.82, 2.24) is 4.90 Å². The smallest absolute Gasteiger partial charge is 0.222 e. The van der Waals surface area contributed by atoms with Crippen LogP contribution in [-0.2, 0) is 9.53 Å². The molecule has 0 radical (unpaired) electrons. The number of ether oxygens (including phenoxy) is 1. The molecule has 0 bridgehead atoms. The van der Waals surface area contributed by atoms with Crippen molar-refractivity contribution in [3.63, 3.8) is 0 Å². The lowest BCUT2D eigenvalue weighted by Crippen LogP contribution is -2.42. The minimum Gasteiger partial charge on any atom is -0.383 e. The van der Waals surface area contributed by atoms with Crippen LogP contribution in [0.4, 0.5) is 0 Å². The zero-order valence-electron chi connectivity index (χ0n) is 13.7. The normalized spacial score (nSPS) is 17.1. The number of rotatable bonds is 10. The van der Waals surface area contributed by atoms with Crippen molar-refractivity contribution in [3.8, 4) is 0 Å². The maximum atomic E-state index is 12.5. The van der Waals surface area contributed by atoms with Crippen molar-refractivity contribution in [2.45, 2.75) is 58.9 Å². The molecule has 20 heavy (non-hydrogen) atoms. The summed E-state index contributed by atoms with van der Waals surface area (Å²) in [4.78, 5) is 14.5. The second-order valence-electron chi connectivity index (χ2n) is 6.86. The van der Waals surface area contributed by atoms with Gasteiger partial charge in [-0.1, -0.05) is 13.8 Å². The molecule has 2 N–H and O–H groups in total. The molecule has 0 saturated heterocycles. The second kappa shape index (κ2) is 7.99. The molecule has 1 atom stereocenters. The summed E-state index contributed by atoms with van der Waals surface area (Å²) in [5.41, 5.74) is 5.78. The Morgan fingerprint density at radius 3 is 2.55 bits per heavy atom. The molecule has 0 aromatic carbocycles. The van der Waals surface area contributed by atoms with Crippen molar-refractivity contribution in [2.24, 2.45) is 17.1 Å². The molecule has 1 saturated carbocycles. The van der Waals surface area contributed by atoms with Gasteiger partial charge in [0.05, 0.1) is 6.61 Å². The van der Waals surface area contributed by atoms with Crippen LogP contribution in [0.25, 0.3) is 0 Å². The zero-order valence-corrected chi connectivity index (χ0v) is 13.7. The monoisotopic (exact) mass is 284 g/mol. The Morgan fingerprint density at radius 2 is 2.05 bits per heavy atom. The van der Waals surface area contributed by atoms with Crippen LogP contribution in [-0.4, -0.2) is 43.7 Å². The van der Waals surface area contributed by atoms with Gasteiger partial charge in [-0.2, -0.15) is 0 Å². The lowest BCUT2D eigenvalue weighted by Gasteiger charge is -2.31. The molecule has 4 nitrogen and oxygen atoms in total. The zero-order chi connectivity index (χ0) is 15.2. The molecule has 118 valence electrons. The Bertz CT molecular complexity index is 301. The summed E-state index contributed by atoms with van der Waals surface area (Å²) in [6.07, 6.45) is 5.02. The first-order valence-corrected chi connectivity index (χ1v) is 7.90. The van der Waals surface area contributed by atoms with E-state index in [4.69, 9.17) is 10.5 Å². The molecule has 1 rings (SSSR count). The van der Waals surface area contributed by atoms with Crippen molar-refractivity contribution in [3.05, 3.63) is 0 Å². The molecular weight excluding hydrogens is 252 g/mol. The van der Waals surface area contributed by atoms with Crippen LogP contribution in [0, 0.1) is 11.3 Å². The van der Waals surface area contributed by atoms with Crippen molar-refractivity contribution >= 4 is 5.91 Å². The number of nitrogens with zero attached hydrogens (tertiary/aromatic N) is 1. The van der Waals surface area contributed by atoms with Gasteiger partial charge in [0.2, 0.25) is 5.91 Å². The molecule has 1 unspecified atom stereocenters. The standard InChI is InChI=1S/C16H32N2O2/c1-13(14-5-6-14)18(11-12-20-4)15(19)7-8-16(2,3)9-10-17/h13-14H,5-12,17H2,1-4H3. The third kappa shape index (κ3) is 5.80. The predicted octanol–water partition coefficient (Wildman–Crippen LogP) is 2.42. The van der Waals surface area contributed by atoms with Crippen LogP contribution >= 0.6 is 0 Å². The van der Waals surface area contributed by atoms with Gasteiger partial charge in [0.15, 0.2) is 0 Å². The van der Waals surface area contributed by atoms with Gasteiger partial charge in [-0.25, -0.2) is 0 Å². The Kier molecular flexibility index (Phi) is 6.96. The molecule has 1 aliphatic carbocycles. The molecule has 1 aliphatic rings. The summed E-state index contributed by atoms with van der Waals surface area (Å²) in [6, 6.07) is 0.357. The quantitative estimate of drug-likeness (QED) is 0.670. The number of hydrogen-bond donors (Lipinski definition) is 1. The van der Waals surface area contributed by atoms with Gasteiger partial charge in [-0.05, 0) is 50.5 Å². The minimum atomic E-state index is 0.153. The highest BCUT2D eigenvalue weighted by Crippen LogP contribution is 2.35. The van der Waals surface area contributed by atoms with Crippen LogP contribution < -0.4 is 5.73 Å². The number of amides is 1. The fraction of sp³-hybridized carbons (Fsp3) is 0.938. The predicted molar refractivity (Wildman–Crippen MR) is 82.5 cm³/mol. The van der Waals surface area contributed by atoms with Crippen molar-refractivity contribution in [2.75, 3.05) is 26.8 Å². The average molecular weight is 284 g/mol. The van der Waals surface area contributed by atoms with E-state index in [1.165, 1.54) is 12.8 Å². The minimum absolute atomic E-state index is 0.153. The number of hydrogen-bond acceptors (Lipinski definition) is 3. The van der Waals surface area contributed by atoms with E-state index in [9.17, 15) is 4.79 Å². The van der Waals surface area contributed by atoms with Gasteiger partial charge >= 0.3 is 0 Å². The van der Waals surface area contributed by atoms with Gasteiger partial charge in [0, 0.05) is 26.1 Å². The molecule has 4 heteroatoms. The largest absolute Gasteiger partial charge is 0.383 e. The van der Waals surface area contributed by atoms with Crippen LogP contribution in [0.5, 0.6) is 0 Å². The van der Waals surface area contributed by atoms with E-state index in [0.29, 0.717) is 38.1 Å². The molecule has 0 aromatic rings. The summed E-state index contributed by atoms with van der Waals surface area (Å²) in [7, 11) is 1.69. The number of carbonyl (C=O) groups excluding carboxylic acids is 1. The Hall–Kier alpha value is -0.610. The summed E-state index contributed by atoms with van der Waals surface area (Å²) < 4.78 is 5.15. The maximum Gasteiger partial charge on any atom is 0.222 e. The highest BCUT2D eigenvalue weighted by molar-refractivity contribution is 5.76. The van der Waals surface area contributed by atoms with Gasteiger partial charge in [-0.3, -0.25) is 4.79 Å². The lowest BCUT2D eigenvalue weighted by molar-refractivity contribution is -0.135. The molecule has 0 aliphatic heterocycles. The van der Waals surface area contributed by atoms with E-state index in [2.05, 4.69) is 20.8 Å². The third-order valence-electron chi connectivity index (χ3n) is 4.49. The first-order chi connectivity index (χ1) is 9.41. The Balaban J connectivity index is 2.49. The van der Waals surface area contributed by atoms with Gasteiger partial charge in [0.1, 0.15) is 0 Å². The molecule has 0 spiro atoms. The Labute approximate surface area is 124 Å². The molecule has 1 fully saturated rings. The van der Waals surface area contributed by atoms with E-state index in [1.54, 1.807) is 7.11 Å². The second-order valence-corrected chi connectivity index (χ2v) is 6.86. The maximum absolute atomic E-state index is 12.5. The van der Waals surface area contributed by atoms with Gasteiger partial charge in [-0.15, -0.1) is 0 Å². The summed E-state index contributed by atoms with van der Waals surface area (Å²) >= 11 is 0. The molecular formula is C16H32N2O2. The summed E-state index contributed by atoms with van der Waals surface area (Å²) in [5.74, 6) is 0.972. The fourth-order valence-corrected chi connectivity index (χ4v) is 2.68. The van der Waals surface area contributed by atoms with Crippen LogP contribution in [0.1, 0.15) is 52.9 Å². The lowest BCUT2D eigenvalue weighted by atomic mass is 9.84. The summed E-state index contributed by atoms with van der Waals surface area (Å²) in [5, 5.41) is 0. The SMILES string of the molecule is COCCN(C(=O)CCC(C)(C)CCN)C(C)C1CC1. The molecule has 1 amide bonds. The fourth-order valence-electron chi connectivity index (χ4n) is 2.68. The first-order valence-electron chi connectivity index (χ1n) is 7.90. The van der Waals surface area contributed by atoms with Crippen LogP contribution in [0.2, 0.25) is 0 Å². The van der Waals surface area contributed by atoms with Crippen molar-refractivity contribution < 1.29 is 9.53 Å². The van der Waals surface area contributed by atoms with Crippen molar-refractivity contribution in [1.29, 1.82) is 0 Å².